The van der Waals surface area contributed by atoms with Crippen molar-refractivity contribution in [3.05, 3.63) is 35.8 Å². The average molecular weight is 392 g/mol. The molecule has 0 unspecified atom stereocenters. The van der Waals surface area contributed by atoms with Gasteiger partial charge in [0.2, 0.25) is 0 Å². The Kier molecular flexibility index (Phi) is 5.98. The van der Waals surface area contributed by atoms with E-state index in [1.807, 2.05) is 0 Å². The third-order valence-corrected chi connectivity index (χ3v) is 5.04. The Morgan fingerprint density at radius 1 is 1.07 bits per heavy atom. The van der Waals surface area contributed by atoms with Crippen LogP contribution in [0.2, 0.25) is 0 Å². The zero-order valence-corrected chi connectivity index (χ0v) is 17.4. The van der Waals surface area contributed by atoms with E-state index in [2.05, 4.69) is 55.5 Å². The summed E-state index contributed by atoms with van der Waals surface area (Å²) in [4.78, 5) is 18.1. The van der Waals surface area contributed by atoms with E-state index in [-0.39, 0.29) is 11.3 Å². The van der Waals surface area contributed by atoms with E-state index in [0.717, 1.165) is 48.1 Å². The van der Waals surface area contributed by atoms with Gasteiger partial charge >= 0.3 is 6.55 Å². The molecule has 0 atom stereocenters. The van der Waals surface area contributed by atoms with Crippen LogP contribution in [0.4, 0.5) is 14.6 Å². The lowest BCUT2D eigenvalue weighted by molar-refractivity contribution is 0.0636. The lowest BCUT2D eigenvalue weighted by Gasteiger charge is -2.36. The van der Waals surface area contributed by atoms with Crippen molar-refractivity contribution in [2.45, 2.75) is 59.0 Å². The number of rotatable bonds is 5. The number of nitrogens with zero attached hydrogens (tertiary/aromatic N) is 6. The number of anilines is 1. The molecule has 0 N–H and O–H groups in total. The standard InChI is InChI=1S/C20H30F2N6/c1-14(2)18-24-15(20(3,4)5)12-16(25-18)27-10-8-26(9-11-27)13-17-23-6-7-28(17)19(21)22/h6-7,12,14,19H,8-11,13H2,1-5H3. The van der Waals surface area contributed by atoms with Crippen LogP contribution in [-0.4, -0.2) is 50.6 Å². The van der Waals surface area contributed by atoms with Gasteiger partial charge in [-0.05, 0) is 0 Å². The number of hydrogen-bond donors (Lipinski definition) is 0. The zero-order valence-electron chi connectivity index (χ0n) is 17.4. The van der Waals surface area contributed by atoms with E-state index in [4.69, 9.17) is 9.97 Å². The van der Waals surface area contributed by atoms with Crippen molar-refractivity contribution in [2.75, 3.05) is 31.1 Å². The fraction of sp³-hybridized carbons (Fsp3) is 0.650. The third-order valence-electron chi connectivity index (χ3n) is 5.04. The van der Waals surface area contributed by atoms with Crippen LogP contribution in [0.25, 0.3) is 0 Å². The summed E-state index contributed by atoms with van der Waals surface area (Å²) < 4.78 is 27.0. The van der Waals surface area contributed by atoms with Gasteiger partial charge < -0.3 is 4.90 Å². The van der Waals surface area contributed by atoms with Crippen LogP contribution in [0.3, 0.4) is 0 Å². The normalized spacial score (nSPS) is 16.4. The Morgan fingerprint density at radius 3 is 2.32 bits per heavy atom. The van der Waals surface area contributed by atoms with Gasteiger partial charge in [0.1, 0.15) is 17.5 Å². The highest BCUT2D eigenvalue weighted by Crippen LogP contribution is 2.26. The maximum absolute atomic E-state index is 13.0. The molecule has 6 nitrogen and oxygen atoms in total. The molecular weight excluding hydrogens is 362 g/mol. The molecule has 3 rings (SSSR count). The molecule has 0 saturated carbocycles. The summed E-state index contributed by atoms with van der Waals surface area (Å²) in [5.74, 6) is 2.49. The Morgan fingerprint density at radius 2 is 1.75 bits per heavy atom. The number of piperazine rings is 1. The SMILES string of the molecule is CC(C)c1nc(N2CCN(Cc3nccn3C(F)F)CC2)cc(C(C)(C)C)n1. The van der Waals surface area contributed by atoms with E-state index in [1.54, 1.807) is 0 Å². The van der Waals surface area contributed by atoms with Gasteiger partial charge in [-0.15, -0.1) is 0 Å². The second-order valence-electron chi connectivity index (χ2n) is 8.67. The predicted octanol–water partition coefficient (Wildman–Crippen LogP) is 3.81. The first-order chi connectivity index (χ1) is 13.1. The Hall–Kier alpha value is -2.09. The molecule has 3 heterocycles. The van der Waals surface area contributed by atoms with Crippen molar-refractivity contribution in [3.8, 4) is 0 Å². The molecular formula is C20H30F2N6. The molecule has 0 bridgehead atoms. The zero-order chi connectivity index (χ0) is 20.5. The smallest absolute Gasteiger partial charge is 0.319 e. The predicted molar refractivity (Wildman–Crippen MR) is 106 cm³/mol. The first kappa shape index (κ1) is 20.6. The van der Waals surface area contributed by atoms with Gasteiger partial charge in [0.25, 0.3) is 0 Å². The number of hydrogen-bond acceptors (Lipinski definition) is 5. The molecule has 8 heteroatoms. The van der Waals surface area contributed by atoms with Crippen molar-refractivity contribution in [2.24, 2.45) is 0 Å². The molecule has 28 heavy (non-hydrogen) atoms. The van der Waals surface area contributed by atoms with Gasteiger partial charge in [0, 0.05) is 56.0 Å². The van der Waals surface area contributed by atoms with Crippen LogP contribution in [0.5, 0.6) is 0 Å². The van der Waals surface area contributed by atoms with Gasteiger partial charge in [-0.25, -0.2) is 15.0 Å². The van der Waals surface area contributed by atoms with Gasteiger partial charge in [-0.3, -0.25) is 9.47 Å². The quantitative estimate of drug-likeness (QED) is 0.774. The number of alkyl halides is 2. The summed E-state index contributed by atoms with van der Waals surface area (Å²) in [7, 11) is 0. The largest absolute Gasteiger partial charge is 0.354 e. The fourth-order valence-electron chi connectivity index (χ4n) is 3.24. The summed E-state index contributed by atoms with van der Waals surface area (Å²) in [6.07, 6.45) is 2.76. The first-order valence-electron chi connectivity index (χ1n) is 9.82. The van der Waals surface area contributed by atoms with E-state index in [0.29, 0.717) is 12.4 Å². The van der Waals surface area contributed by atoms with Crippen LogP contribution in [0.1, 0.15) is 64.4 Å². The Balaban J connectivity index is 1.71. The number of halogens is 2. The maximum atomic E-state index is 13.0. The summed E-state index contributed by atoms with van der Waals surface area (Å²) in [6, 6.07) is 2.09. The second-order valence-corrected chi connectivity index (χ2v) is 8.67. The van der Waals surface area contributed by atoms with Gasteiger partial charge in [0.15, 0.2) is 0 Å². The number of aromatic nitrogens is 4. The summed E-state index contributed by atoms with van der Waals surface area (Å²) >= 11 is 0. The van der Waals surface area contributed by atoms with Crippen LogP contribution in [0, 0.1) is 0 Å². The molecule has 0 aromatic carbocycles. The van der Waals surface area contributed by atoms with E-state index >= 15 is 0 Å². The molecule has 0 aliphatic carbocycles. The molecule has 1 aliphatic rings. The fourth-order valence-corrected chi connectivity index (χ4v) is 3.24. The minimum Gasteiger partial charge on any atom is -0.354 e. The van der Waals surface area contributed by atoms with E-state index in [9.17, 15) is 8.78 Å². The van der Waals surface area contributed by atoms with Gasteiger partial charge in [-0.2, -0.15) is 8.78 Å². The molecule has 0 radical (unpaired) electrons. The molecule has 154 valence electrons. The average Bonchev–Trinajstić information content (AvgIpc) is 3.09. The molecule has 1 fully saturated rings. The topological polar surface area (TPSA) is 50.1 Å². The van der Waals surface area contributed by atoms with Crippen molar-refractivity contribution < 1.29 is 8.78 Å². The van der Waals surface area contributed by atoms with E-state index in [1.165, 1.54) is 12.4 Å². The van der Waals surface area contributed by atoms with Crippen molar-refractivity contribution in [3.63, 3.8) is 0 Å². The van der Waals surface area contributed by atoms with Crippen molar-refractivity contribution >= 4 is 5.82 Å². The van der Waals surface area contributed by atoms with Crippen LogP contribution in [0.15, 0.2) is 18.5 Å². The molecule has 1 saturated heterocycles. The first-order valence-corrected chi connectivity index (χ1v) is 9.82. The third kappa shape index (κ3) is 4.66. The molecule has 2 aromatic heterocycles. The molecule has 2 aromatic rings. The van der Waals surface area contributed by atoms with Crippen LogP contribution in [-0.2, 0) is 12.0 Å². The summed E-state index contributed by atoms with van der Waals surface area (Å²) in [5, 5.41) is 0. The Labute approximate surface area is 165 Å². The lowest BCUT2D eigenvalue weighted by atomic mass is 9.91. The highest BCUT2D eigenvalue weighted by Gasteiger charge is 2.24. The molecule has 0 amide bonds. The minimum absolute atomic E-state index is 0.0461. The lowest BCUT2D eigenvalue weighted by Crippen LogP contribution is -2.46. The van der Waals surface area contributed by atoms with Crippen LogP contribution < -0.4 is 4.90 Å². The molecule has 1 aliphatic heterocycles. The van der Waals surface area contributed by atoms with Crippen LogP contribution >= 0.6 is 0 Å². The highest BCUT2D eigenvalue weighted by molar-refractivity contribution is 5.42. The minimum atomic E-state index is -2.55. The van der Waals surface area contributed by atoms with Crippen molar-refractivity contribution in [1.82, 2.24) is 24.4 Å². The van der Waals surface area contributed by atoms with E-state index < -0.39 is 6.55 Å². The number of imidazole rings is 1. The second kappa shape index (κ2) is 8.11. The monoisotopic (exact) mass is 392 g/mol. The Bertz CT molecular complexity index is 788. The van der Waals surface area contributed by atoms with Crippen molar-refractivity contribution in [1.29, 1.82) is 0 Å². The summed E-state index contributed by atoms with van der Waals surface area (Å²) in [5.41, 5.74) is 0.998. The van der Waals surface area contributed by atoms with Gasteiger partial charge in [0.05, 0.1) is 12.2 Å². The van der Waals surface area contributed by atoms with Gasteiger partial charge in [-0.1, -0.05) is 34.6 Å². The maximum Gasteiger partial charge on any atom is 0.319 e. The highest BCUT2D eigenvalue weighted by atomic mass is 19.3. The summed E-state index contributed by atoms with van der Waals surface area (Å²) in [6.45, 7) is 11.7. The molecule has 0 spiro atoms.